The van der Waals surface area contributed by atoms with Gasteiger partial charge in [-0.05, 0) is 36.4 Å². The standard InChI is InChI=1S/C13H11BrFN3O/c14-7-1-4-10(15)12(5-7)18-13(19)9-3-2-8(16)6-11(9)17/h1-6H,16-17H2,(H,18,19). The highest BCUT2D eigenvalue weighted by Crippen LogP contribution is 2.22. The van der Waals surface area contributed by atoms with Crippen LogP contribution in [0.4, 0.5) is 21.5 Å². The van der Waals surface area contributed by atoms with Gasteiger partial charge in [-0.15, -0.1) is 0 Å². The molecule has 0 saturated heterocycles. The number of nitrogens with one attached hydrogen (secondary N) is 1. The van der Waals surface area contributed by atoms with E-state index >= 15 is 0 Å². The van der Waals surface area contributed by atoms with Crippen molar-refractivity contribution in [3.8, 4) is 0 Å². The minimum Gasteiger partial charge on any atom is -0.399 e. The van der Waals surface area contributed by atoms with E-state index < -0.39 is 11.7 Å². The van der Waals surface area contributed by atoms with E-state index in [0.29, 0.717) is 10.2 Å². The highest BCUT2D eigenvalue weighted by atomic mass is 79.9. The molecule has 0 fully saturated rings. The van der Waals surface area contributed by atoms with E-state index in [0.717, 1.165) is 0 Å². The zero-order valence-corrected chi connectivity index (χ0v) is 11.4. The van der Waals surface area contributed by atoms with Crippen LogP contribution in [-0.2, 0) is 0 Å². The number of nitrogens with two attached hydrogens (primary N) is 2. The maximum atomic E-state index is 13.5. The number of hydrogen-bond acceptors (Lipinski definition) is 3. The van der Waals surface area contributed by atoms with Gasteiger partial charge >= 0.3 is 0 Å². The molecule has 19 heavy (non-hydrogen) atoms. The fourth-order valence-electron chi connectivity index (χ4n) is 1.57. The predicted molar refractivity (Wildman–Crippen MR) is 77.3 cm³/mol. The van der Waals surface area contributed by atoms with Crippen LogP contribution in [0.1, 0.15) is 10.4 Å². The fraction of sp³-hybridized carbons (Fsp3) is 0. The number of carbonyl (C=O) groups is 1. The highest BCUT2D eigenvalue weighted by molar-refractivity contribution is 9.10. The zero-order chi connectivity index (χ0) is 14.0. The summed E-state index contributed by atoms with van der Waals surface area (Å²) in [5.74, 6) is -1.01. The minimum atomic E-state index is -0.523. The van der Waals surface area contributed by atoms with Gasteiger partial charge in [0.15, 0.2) is 0 Å². The SMILES string of the molecule is Nc1ccc(C(=O)Nc2cc(Br)ccc2F)c(N)c1. The Labute approximate surface area is 117 Å². The summed E-state index contributed by atoms with van der Waals surface area (Å²) in [5, 5.41) is 2.46. The number of halogens is 2. The van der Waals surface area contributed by atoms with Gasteiger partial charge in [0.05, 0.1) is 11.3 Å². The van der Waals surface area contributed by atoms with Crippen LogP contribution < -0.4 is 16.8 Å². The Morgan fingerprint density at radius 2 is 1.89 bits per heavy atom. The topological polar surface area (TPSA) is 81.1 Å². The molecule has 2 aromatic rings. The van der Waals surface area contributed by atoms with Gasteiger partial charge < -0.3 is 16.8 Å². The minimum absolute atomic E-state index is 0.0793. The second-order valence-electron chi connectivity index (χ2n) is 3.92. The third-order valence-electron chi connectivity index (χ3n) is 2.50. The highest BCUT2D eigenvalue weighted by Gasteiger charge is 2.12. The van der Waals surface area contributed by atoms with E-state index in [1.165, 1.54) is 24.3 Å². The van der Waals surface area contributed by atoms with Crippen LogP contribution in [0, 0.1) is 5.82 Å². The van der Waals surface area contributed by atoms with Gasteiger partial charge in [0.1, 0.15) is 5.82 Å². The Bertz CT molecular complexity index is 646. The molecule has 0 aliphatic rings. The molecule has 2 aromatic carbocycles. The van der Waals surface area contributed by atoms with E-state index in [4.69, 9.17) is 11.5 Å². The van der Waals surface area contributed by atoms with Crippen molar-refractivity contribution in [2.45, 2.75) is 0 Å². The molecule has 0 saturated carbocycles. The third-order valence-corrected chi connectivity index (χ3v) is 2.99. The molecule has 0 radical (unpaired) electrons. The summed E-state index contributed by atoms with van der Waals surface area (Å²) in [7, 11) is 0. The van der Waals surface area contributed by atoms with Gasteiger partial charge in [-0.25, -0.2) is 4.39 Å². The first kappa shape index (κ1) is 13.4. The van der Waals surface area contributed by atoms with Gasteiger partial charge in [0, 0.05) is 15.8 Å². The van der Waals surface area contributed by atoms with Crippen LogP contribution in [0.25, 0.3) is 0 Å². The molecule has 0 aliphatic heterocycles. The molecule has 5 N–H and O–H groups in total. The second-order valence-corrected chi connectivity index (χ2v) is 4.84. The molecule has 1 amide bonds. The maximum Gasteiger partial charge on any atom is 0.257 e. The molecule has 0 aliphatic carbocycles. The van der Waals surface area contributed by atoms with Crippen molar-refractivity contribution < 1.29 is 9.18 Å². The average Bonchev–Trinajstić information content (AvgIpc) is 2.33. The van der Waals surface area contributed by atoms with E-state index in [1.54, 1.807) is 12.1 Å². The van der Waals surface area contributed by atoms with E-state index in [2.05, 4.69) is 21.2 Å². The molecule has 0 spiro atoms. The number of hydrogen-bond donors (Lipinski definition) is 3. The summed E-state index contributed by atoms with van der Waals surface area (Å²) in [6.07, 6.45) is 0. The Balaban J connectivity index is 2.28. The Hall–Kier alpha value is -2.08. The zero-order valence-electron chi connectivity index (χ0n) is 9.78. The first-order valence-electron chi connectivity index (χ1n) is 5.39. The van der Waals surface area contributed by atoms with Crippen LogP contribution in [0.5, 0.6) is 0 Å². The Kier molecular flexibility index (Phi) is 3.71. The van der Waals surface area contributed by atoms with Gasteiger partial charge in [-0.3, -0.25) is 4.79 Å². The van der Waals surface area contributed by atoms with E-state index in [1.807, 2.05) is 0 Å². The normalized spacial score (nSPS) is 10.2. The number of benzene rings is 2. The van der Waals surface area contributed by atoms with Crippen LogP contribution in [-0.4, -0.2) is 5.91 Å². The van der Waals surface area contributed by atoms with Gasteiger partial charge in [0.25, 0.3) is 5.91 Å². The van der Waals surface area contributed by atoms with Gasteiger partial charge in [-0.2, -0.15) is 0 Å². The van der Waals surface area contributed by atoms with Crippen molar-refractivity contribution in [3.05, 3.63) is 52.3 Å². The first-order chi connectivity index (χ1) is 8.97. The smallest absolute Gasteiger partial charge is 0.257 e. The molecule has 0 unspecified atom stereocenters. The lowest BCUT2D eigenvalue weighted by molar-refractivity contribution is 0.102. The van der Waals surface area contributed by atoms with Gasteiger partial charge in [0.2, 0.25) is 0 Å². The number of anilines is 3. The molecule has 0 heterocycles. The number of amides is 1. The molecule has 2 rings (SSSR count). The molecular weight excluding hydrogens is 313 g/mol. The van der Waals surface area contributed by atoms with Crippen LogP contribution in [0.15, 0.2) is 40.9 Å². The van der Waals surface area contributed by atoms with E-state index in [-0.39, 0.29) is 16.9 Å². The largest absolute Gasteiger partial charge is 0.399 e. The third kappa shape index (κ3) is 3.03. The van der Waals surface area contributed by atoms with Crippen LogP contribution in [0.2, 0.25) is 0 Å². The summed E-state index contributed by atoms with van der Waals surface area (Å²) in [5.41, 5.74) is 12.3. The summed E-state index contributed by atoms with van der Waals surface area (Å²) in [6, 6.07) is 8.81. The maximum absolute atomic E-state index is 13.5. The molecule has 6 heteroatoms. The predicted octanol–water partition coefficient (Wildman–Crippen LogP) is 3.00. The fourth-order valence-corrected chi connectivity index (χ4v) is 1.93. The first-order valence-corrected chi connectivity index (χ1v) is 6.18. The Morgan fingerprint density at radius 1 is 1.16 bits per heavy atom. The number of carbonyl (C=O) groups excluding carboxylic acids is 1. The van der Waals surface area contributed by atoms with Crippen molar-refractivity contribution in [2.75, 3.05) is 16.8 Å². The lowest BCUT2D eigenvalue weighted by Crippen LogP contribution is -2.15. The molecule has 0 aromatic heterocycles. The Morgan fingerprint density at radius 3 is 2.58 bits per heavy atom. The van der Waals surface area contributed by atoms with Crippen molar-refractivity contribution in [1.29, 1.82) is 0 Å². The molecule has 0 atom stereocenters. The molecular formula is C13H11BrFN3O. The molecule has 0 bridgehead atoms. The monoisotopic (exact) mass is 323 g/mol. The lowest BCUT2D eigenvalue weighted by atomic mass is 10.1. The van der Waals surface area contributed by atoms with Gasteiger partial charge in [-0.1, -0.05) is 15.9 Å². The summed E-state index contributed by atoms with van der Waals surface area (Å²) < 4.78 is 14.2. The summed E-state index contributed by atoms with van der Waals surface area (Å²) >= 11 is 3.21. The number of nitrogen functional groups attached to an aromatic ring is 2. The van der Waals surface area contributed by atoms with Crippen LogP contribution in [0.3, 0.4) is 0 Å². The molecule has 98 valence electrons. The lowest BCUT2D eigenvalue weighted by Gasteiger charge is -2.09. The average molecular weight is 324 g/mol. The van der Waals surface area contributed by atoms with E-state index in [9.17, 15) is 9.18 Å². The van der Waals surface area contributed by atoms with Crippen molar-refractivity contribution >= 4 is 38.9 Å². The molecule has 4 nitrogen and oxygen atoms in total. The summed E-state index contributed by atoms with van der Waals surface area (Å²) in [6.45, 7) is 0. The quantitative estimate of drug-likeness (QED) is 0.743. The van der Waals surface area contributed by atoms with Crippen molar-refractivity contribution in [1.82, 2.24) is 0 Å². The van der Waals surface area contributed by atoms with Crippen molar-refractivity contribution in [3.63, 3.8) is 0 Å². The summed E-state index contributed by atoms with van der Waals surface area (Å²) in [4.78, 5) is 12.0. The number of rotatable bonds is 2. The van der Waals surface area contributed by atoms with Crippen molar-refractivity contribution in [2.24, 2.45) is 0 Å². The second kappa shape index (κ2) is 5.27. The van der Waals surface area contributed by atoms with Crippen LogP contribution >= 0.6 is 15.9 Å².